The fourth-order valence-electron chi connectivity index (χ4n) is 4.07. The predicted molar refractivity (Wildman–Crippen MR) is 97.7 cm³/mol. The second-order valence-corrected chi connectivity index (χ2v) is 7.03. The molecule has 1 fully saturated rings. The van der Waals surface area contributed by atoms with E-state index in [4.69, 9.17) is 5.73 Å². The van der Waals surface area contributed by atoms with Gasteiger partial charge in [0.1, 0.15) is 0 Å². The number of anilines is 1. The monoisotopic (exact) mass is 336 g/mol. The highest BCUT2D eigenvalue weighted by Gasteiger charge is 2.23. The van der Waals surface area contributed by atoms with E-state index in [0.717, 1.165) is 24.9 Å². The summed E-state index contributed by atoms with van der Waals surface area (Å²) in [6.45, 7) is 0. The van der Waals surface area contributed by atoms with Crippen LogP contribution < -0.4 is 11.1 Å². The minimum Gasteiger partial charge on any atom is -0.399 e. The maximum absolute atomic E-state index is 12.4. The molecule has 4 heteroatoms. The van der Waals surface area contributed by atoms with Crippen LogP contribution in [0, 0.1) is 5.92 Å². The summed E-state index contributed by atoms with van der Waals surface area (Å²) in [6.07, 6.45) is 11.7. The Balaban J connectivity index is 0.00000192. The van der Waals surface area contributed by atoms with Crippen LogP contribution in [0.5, 0.6) is 0 Å². The van der Waals surface area contributed by atoms with Crippen molar-refractivity contribution in [3.05, 3.63) is 29.3 Å². The molecule has 0 radical (unpaired) electrons. The molecule has 0 bridgehead atoms. The third-order valence-corrected chi connectivity index (χ3v) is 5.27. The van der Waals surface area contributed by atoms with Gasteiger partial charge in [0.25, 0.3) is 0 Å². The molecule has 128 valence electrons. The molecule has 1 atom stereocenters. The van der Waals surface area contributed by atoms with Crippen molar-refractivity contribution in [1.29, 1.82) is 0 Å². The van der Waals surface area contributed by atoms with Crippen LogP contribution >= 0.6 is 12.4 Å². The molecule has 1 aromatic carbocycles. The Morgan fingerprint density at radius 3 is 2.57 bits per heavy atom. The number of hydrogen-bond donors (Lipinski definition) is 2. The summed E-state index contributed by atoms with van der Waals surface area (Å²) in [5.74, 6) is 0.832. The number of rotatable bonds is 3. The second-order valence-electron chi connectivity index (χ2n) is 7.03. The van der Waals surface area contributed by atoms with E-state index in [-0.39, 0.29) is 24.4 Å². The van der Waals surface area contributed by atoms with Crippen molar-refractivity contribution in [2.75, 3.05) is 5.73 Å². The van der Waals surface area contributed by atoms with E-state index in [1.807, 2.05) is 6.07 Å². The Hall–Kier alpha value is -1.22. The molecule has 3 nitrogen and oxygen atoms in total. The van der Waals surface area contributed by atoms with Gasteiger partial charge in [-0.05, 0) is 61.3 Å². The summed E-state index contributed by atoms with van der Waals surface area (Å²) in [5, 5.41) is 3.28. The summed E-state index contributed by atoms with van der Waals surface area (Å²) in [4.78, 5) is 12.4. The first-order valence-corrected chi connectivity index (χ1v) is 8.90. The number of benzene rings is 1. The van der Waals surface area contributed by atoms with Gasteiger partial charge in [0.05, 0.1) is 6.04 Å². The molecule has 2 aliphatic carbocycles. The number of amides is 1. The van der Waals surface area contributed by atoms with Gasteiger partial charge in [0.15, 0.2) is 0 Å². The van der Waals surface area contributed by atoms with Crippen molar-refractivity contribution in [3.8, 4) is 0 Å². The van der Waals surface area contributed by atoms with Crippen LogP contribution in [-0.4, -0.2) is 5.91 Å². The smallest absolute Gasteiger partial charge is 0.220 e. The zero-order valence-electron chi connectivity index (χ0n) is 13.9. The molecule has 2 aliphatic rings. The van der Waals surface area contributed by atoms with Crippen LogP contribution in [0.1, 0.15) is 75.0 Å². The predicted octanol–water partition coefficient (Wildman–Crippen LogP) is 4.54. The first-order valence-electron chi connectivity index (χ1n) is 8.90. The highest BCUT2D eigenvalue weighted by atomic mass is 35.5. The summed E-state index contributed by atoms with van der Waals surface area (Å²) in [6, 6.07) is 6.30. The standard InChI is InChI=1S/C19H28N2O.ClH/c20-16-10-11-17-15(13-16)8-5-9-18(17)21-19(22)12-14-6-3-1-2-4-7-14;/h10-11,13-14,18H,1-9,12,20H2,(H,21,22);1H. The van der Waals surface area contributed by atoms with Crippen molar-refractivity contribution < 1.29 is 4.79 Å². The average molecular weight is 337 g/mol. The van der Waals surface area contributed by atoms with E-state index >= 15 is 0 Å². The lowest BCUT2D eigenvalue weighted by Gasteiger charge is -2.27. The number of carbonyl (C=O) groups excluding carboxylic acids is 1. The first kappa shape index (κ1) is 18.1. The molecule has 1 aromatic rings. The Morgan fingerprint density at radius 1 is 1.09 bits per heavy atom. The molecular weight excluding hydrogens is 308 g/mol. The van der Waals surface area contributed by atoms with Gasteiger partial charge in [0.2, 0.25) is 5.91 Å². The quantitative estimate of drug-likeness (QED) is 0.628. The van der Waals surface area contributed by atoms with Gasteiger partial charge >= 0.3 is 0 Å². The van der Waals surface area contributed by atoms with Crippen molar-refractivity contribution in [2.45, 2.75) is 70.3 Å². The van der Waals surface area contributed by atoms with Crippen molar-refractivity contribution in [2.24, 2.45) is 5.92 Å². The van der Waals surface area contributed by atoms with Crippen molar-refractivity contribution in [1.82, 2.24) is 5.32 Å². The van der Waals surface area contributed by atoms with Gasteiger partial charge in [-0.25, -0.2) is 0 Å². The minimum absolute atomic E-state index is 0. The van der Waals surface area contributed by atoms with Gasteiger partial charge in [-0.2, -0.15) is 0 Å². The summed E-state index contributed by atoms with van der Waals surface area (Å²) >= 11 is 0. The number of nitrogens with one attached hydrogen (secondary N) is 1. The van der Waals surface area contributed by atoms with Crippen LogP contribution in [0.4, 0.5) is 5.69 Å². The molecule has 1 saturated carbocycles. The number of aryl methyl sites for hydroxylation is 1. The fraction of sp³-hybridized carbons (Fsp3) is 0.632. The third-order valence-electron chi connectivity index (χ3n) is 5.27. The van der Waals surface area contributed by atoms with Gasteiger partial charge in [-0.3, -0.25) is 4.79 Å². The van der Waals surface area contributed by atoms with E-state index in [1.54, 1.807) is 0 Å². The van der Waals surface area contributed by atoms with Gasteiger partial charge in [-0.15, -0.1) is 12.4 Å². The fourth-order valence-corrected chi connectivity index (χ4v) is 4.07. The van der Waals surface area contributed by atoms with E-state index in [0.29, 0.717) is 12.3 Å². The number of fused-ring (bicyclic) bond motifs is 1. The SMILES string of the molecule is Cl.Nc1ccc2c(c1)CCCC2NC(=O)CC1CCCCCC1. The third kappa shape index (κ3) is 4.87. The molecule has 0 spiro atoms. The Morgan fingerprint density at radius 2 is 1.83 bits per heavy atom. The lowest BCUT2D eigenvalue weighted by molar-refractivity contribution is -0.123. The van der Waals surface area contributed by atoms with Gasteiger partial charge in [-0.1, -0.05) is 31.7 Å². The lowest BCUT2D eigenvalue weighted by atomic mass is 9.87. The lowest BCUT2D eigenvalue weighted by Crippen LogP contribution is -2.32. The highest BCUT2D eigenvalue weighted by molar-refractivity contribution is 5.85. The Kier molecular flexibility index (Phi) is 6.76. The molecule has 1 unspecified atom stereocenters. The number of hydrogen-bond acceptors (Lipinski definition) is 2. The second kappa shape index (κ2) is 8.58. The molecule has 23 heavy (non-hydrogen) atoms. The van der Waals surface area contributed by atoms with Crippen LogP contribution in [0.15, 0.2) is 18.2 Å². The molecule has 3 rings (SSSR count). The topological polar surface area (TPSA) is 55.1 Å². The molecule has 0 aromatic heterocycles. The zero-order valence-corrected chi connectivity index (χ0v) is 14.7. The van der Waals surface area contributed by atoms with E-state index in [2.05, 4.69) is 17.4 Å². The minimum atomic E-state index is 0. The average Bonchev–Trinajstić information content (AvgIpc) is 2.75. The number of halogens is 1. The van der Waals surface area contributed by atoms with E-state index in [1.165, 1.54) is 49.7 Å². The highest BCUT2D eigenvalue weighted by Crippen LogP contribution is 2.31. The van der Waals surface area contributed by atoms with Crippen molar-refractivity contribution >= 4 is 24.0 Å². The molecule has 3 N–H and O–H groups in total. The molecule has 0 saturated heterocycles. The first-order chi connectivity index (χ1) is 10.7. The van der Waals surface area contributed by atoms with Crippen LogP contribution in [0.3, 0.4) is 0 Å². The summed E-state index contributed by atoms with van der Waals surface area (Å²) < 4.78 is 0. The number of carbonyl (C=O) groups is 1. The van der Waals surface area contributed by atoms with Gasteiger partial charge in [0, 0.05) is 12.1 Å². The molecule has 1 amide bonds. The van der Waals surface area contributed by atoms with Crippen LogP contribution in [0.2, 0.25) is 0 Å². The zero-order chi connectivity index (χ0) is 15.4. The summed E-state index contributed by atoms with van der Waals surface area (Å²) in [5.41, 5.74) is 9.29. The molecule has 0 heterocycles. The number of nitrogens with two attached hydrogens (primary N) is 1. The van der Waals surface area contributed by atoms with Crippen molar-refractivity contribution in [3.63, 3.8) is 0 Å². The van der Waals surface area contributed by atoms with Crippen LogP contribution in [0.25, 0.3) is 0 Å². The normalized spacial score (nSPS) is 21.7. The van der Waals surface area contributed by atoms with Crippen LogP contribution in [-0.2, 0) is 11.2 Å². The Bertz CT molecular complexity index is 524. The molecule has 0 aliphatic heterocycles. The maximum Gasteiger partial charge on any atom is 0.220 e. The largest absolute Gasteiger partial charge is 0.399 e. The number of nitrogen functional groups attached to an aromatic ring is 1. The Labute approximate surface area is 145 Å². The van der Waals surface area contributed by atoms with Gasteiger partial charge < -0.3 is 11.1 Å². The summed E-state index contributed by atoms with van der Waals surface area (Å²) in [7, 11) is 0. The van der Waals surface area contributed by atoms with E-state index in [9.17, 15) is 4.79 Å². The molecular formula is C19H29ClN2O. The maximum atomic E-state index is 12.4. The van der Waals surface area contributed by atoms with E-state index < -0.39 is 0 Å².